The molecular formula is C13H23NO4. The van der Waals surface area contributed by atoms with Gasteiger partial charge in [0.25, 0.3) is 0 Å². The highest BCUT2D eigenvalue weighted by atomic mass is 16.4. The molecule has 104 valence electrons. The van der Waals surface area contributed by atoms with E-state index < -0.39 is 23.3 Å². The minimum atomic E-state index is -0.895. The third-order valence-corrected chi connectivity index (χ3v) is 3.75. The summed E-state index contributed by atoms with van der Waals surface area (Å²) in [6.45, 7) is 5.28. The quantitative estimate of drug-likeness (QED) is 0.686. The molecule has 5 nitrogen and oxygen atoms in total. The monoisotopic (exact) mass is 257 g/mol. The van der Waals surface area contributed by atoms with Crippen LogP contribution >= 0.6 is 0 Å². The number of carboxylic acid groups (broad SMARTS) is 1. The second-order valence-electron chi connectivity index (χ2n) is 5.83. The fourth-order valence-corrected chi connectivity index (χ4v) is 2.50. The summed E-state index contributed by atoms with van der Waals surface area (Å²) in [5.41, 5.74) is -0.704. The van der Waals surface area contributed by atoms with Crippen molar-refractivity contribution in [3.63, 3.8) is 0 Å². The lowest BCUT2D eigenvalue weighted by atomic mass is 9.94. The van der Waals surface area contributed by atoms with Crippen molar-refractivity contribution in [3.05, 3.63) is 0 Å². The lowest BCUT2D eigenvalue weighted by Crippen LogP contribution is -2.49. The van der Waals surface area contributed by atoms with E-state index >= 15 is 0 Å². The van der Waals surface area contributed by atoms with Crippen molar-refractivity contribution < 1.29 is 19.8 Å². The summed E-state index contributed by atoms with van der Waals surface area (Å²) in [6, 6.07) is 0. The van der Waals surface area contributed by atoms with Gasteiger partial charge in [0.05, 0.1) is 24.0 Å². The Balaban J connectivity index is 2.74. The average Bonchev–Trinajstić information content (AvgIpc) is 2.72. The van der Waals surface area contributed by atoms with Gasteiger partial charge in [-0.25, -0.2) is 0 Å². The summed E-state index contributed by atoms with van der Waals surface area (Å²) in [7, 11) is 0. The van der Waals surface area contributed by atoms with E-state index in [1.807, 2.05) is 6.92 Å². The van der Waals surface area contributed by atoms with Gasteiger partial charge in [-0.3, -0.25) is 9.59 Å². The molecule has 3 N–H and O–H groups in total. The first-order valence-electron chi connectivity index (χ1n) is 6.46. The van der Waals surface area contributed by atoms with Crippen LogP contribution in [0.15, 0.2) is 0 Å². The third kappa shape index (κ3) is 3.45. The maximum absolute atomic E-state index is 12.1. The molecule has 1 saturated carbocycles. The van der Waals surface area contributed by atoms with Crippen LogP contribution in [0.5, 0.6) is 0 Å². The summed E-state index contributed by atoms with van der Waals surface area (Å²) in [4.78, 5) is 23.3. The van der Waals surface area contributed by atoms with Crippen LogP contribution in [0, 0.1) is 17.8 Å². The minimum Gasteiger partial charge on any atom is -0.481 e. The second-order valence-corrected chi connectivity index (χ2v) is 5.83. The van der Waals surface area contributed by atoms with Crippen LogP contribution < -0.4 is 5.32 Å². The zero-order valence-corrected chi connectivity index (χ0v) is 11.3. The zero-order chi connectivity index (χ0) is 13.9. The number of aliphatic hydroxyl groups excluding tert-OH is 1. The third-order valence-electron chi connectivity index (χ3n) is 3.75. The number of carbonyl (C=O) groups is 2. The van der Waals surface area contributed by atoms with Crippen molar-refractivity contribution in [2.45, 2.75) is 45.6 Å². The van der Waals surface area contributed by atoms with E-state index in [9.17, 15) is 14.7 Å². The van der Waals surface area contributed by atoms with E-state index in [0.717, 1.165) is 6.42 Å². The van der Waals surface area contributed by atoms with Crippen LogP contribution in [0.2, 0.25) is 0 Å². The van der Waals surface area contributed by atoms with Gasteiger partial charge in [-0.05, 0) is 32.6 Å². The molecule has 1 amide bonds. The Kier molecular flexibility index (Phi) is 4.73. The van der Waals surface area contributed by atoms with Crippen LogP contribution in [0.1, 0.15) is 40.0 Å². The Morgan fingerprint density at radius 2 is 1.83 bits per heavy atom. The summed E-state index contributed by atoms with van der Waals surface area (Å²) in [5, 5.41) is 21.0. The molecule has 18 heavy (non-hydrogen) atoms. The van der Waals surface area contributed by atoms with Gasteiger partial charge in [-0.1, -0.05) is 13.3 Å². The molecule has 0 radical (unpaired) electrons. The first kappa shape index (κ1) is 15.0. The smallest absolute Gasteiger partial charge is 0.307 e. The molecule has 1 rings (SSSR count). The number of rotatable bonds is 5. The molecule has 0 bridgehead atoms. The Hall–Kier alpha value is -1.10. The molecule has 1 fully saturated rings. The fraction of sp³-hybridized carbons (Fsp3) is 0.846. The highest BCUT2D eigenvalue weighted by Crippen LogP contribution is 2.38. The Morgan fingerprint density at radius 3 is 2.28 bits per heavy atom. The number of aliphatic hydroxyl groups is 1. The Labute approximate surface area is 108 Å². The molecule has 0 aliphatic heterocycles. The summed E-state index contributed by atoms with van der Waals surface area (Å²) >= 11 is 0. The van der Waals surface area contributed by atoms with E-state index in [4.69, 9.17) is 5.11 Å². The first-order valence-corrected chi connectivity index (χ1v) is 6.46. The normalized spacial score (nSPS) is 28.1. The highest BCUT2D eigenvalue weighted by Gasteiger charge is 2.43. The summed E-state index contributed by atoms with van der Waals surface area (Å²) in [6.07, 6.45) is 2.10. The van der Waals surface area contributed by atoms with Crippen LogP contribution in [0.25, 0.3) is 0 Å². The molecule has 0 aromatic rings. The number of nitrogens with one attached hydrogen (secondary N) is 1. The fourth-order valence-electron chi connectivity index (χ4n) is 2.50. The highest BCUT2D eigenvalue weighted by molar-refractivity contribution is 5.85. The van der Waals surface area contributed by atoms with Crippen LogP contribution in [0.3, 0.4) is 0 Å². The molecule has 0 spiro atoms. The average molecular weight is 257 g/mol. The molecule has 1 aliphatic rings. The van der Waals surface area contributed by atoms with E-state index in [1.54, 1.807) is 13.8 Å². The molecule has 0 aromatic heterocycles. The second kappa shape index (κ2) is 5.69. The van der Waals surface area contributed by atoms with Crippen molar-refractivity contribution in [2.24, 2.45) is 17.8 Å². The maximum Gasteiger partial charge on any atom is 0.307 e. The first-order chi connectivity index (χ1) is 8.30. The van der Waals surface area contributed by atoms with Gasteiger partial charge < -0.3 is 15.5 Å². The van der Waals surface area contributed by atoms with Gasteiger partial charge in [-0.2, -0.15) is 0 Å². The van der Waals surface area contributed by atoms with Crippen molar-refractivity contribution in [3.8, 4) is 0 Å². The molecule has 0 saturated heterocycles. The maximum atomic E-state index is 12.1. The number of carboxylic acids is 1. The number of hydrogen-bond acceptors (Lipinski definition) is 3. The standard InChI is InChI=1S/C13H23NO4/c1-4-8-5-9(10(6-8)12(17)18)11(16)14-13(2,3)7-15/h8-10,15H,4-7H2,1-3H3,(H,14,16)(H,17,18). The van der Waals surface area contributed by atoms with E-state index in [1.165, 1.54) is 0 Å². The lowest BCUT2D eigenvalue weighted by molar-refractivity contribution is -0.146. The number of amides is 1. The largest absolute Gasteiger partial charge is 0.481 e. The number of carbonyl (C=O) groups excluding carboxylic acids is 1. The Morgan fingerprint density at radius 1 is 1.28 bits per heavy atom. The van der Waals surface area contributed by atoms with Crippen molar-refractivity contribution in [1.29, 1.82) is 0 Å². The van der Waals surface area contributed by atoms with Crippen LogP contribution in [-0.4, -0.2) is 34.2 Å². The molecule has 0 aromatic carbocycles. The van der Waals surface area contributed by atoms with Crippen molar-refractivity contribution in [2.75, 3.05) is 6.61 Å². The molecule has 1 aliphatic carbocycles. The molecule has 0 heterocycles. The van der Waals surface area contributed by atoms with E-state index in [0.29, 0.717) is 18.8 Å². The van der Waals surface area contributed by atoms with Gasteiger partial charge in [0, 0.05) is 0 Å². The van der Waals surface area contributed by atoms with E-state index in [-0.39, 0.29) is 12.5 Å². The lowest BCUT2D eigenvalue weighted by Gasteiger charge is -2.26. The zero-order valence-electron chi connectivity index (χ0n) is 11.3. The van der Waals surface area contributed by atoms with Crippen molar-refractivity contribution in [1.82, 2.24) is 5.32 Å². The van der Waals surface area contributed by atoms with Gasteiger partial charge in [0.1, 0.15) is 0 Å². The minimum absolute atomic E-state index is 0.166. The van der Waals surface area contributed by atoms with Crippen molar-refractivity contribution >= 4 is 11.9 Å². The van der Waals surface area contributed by atoms with E-state index in [2.05, 4.69) is 5.32 Å². The van der Waals surface area contributed by atoms with Crippen LogP contribution in [-0.2, 0) is 9.59 Å². The topological polar surface area (TPSA) is 86.6 Å². The van der Waals surface area contributed by atoms with Gasteiger partial charge >= 0.3 is 5.97 Å². The van der Waals surface area contributed by atoms with Gasteiger partial charge in [0.15, 0.2) is 0 Å². The van der Waals surface area contributed by atoms with Gasteiger partial charge in [0.2, 0.25) is 5.91 Å². The summed E-state index contributed by atoms with van der Waals surface area (Å²) < 4.78 is 0. The number of hydrogen-bond donors (Lipinski definition) is 3. The predicted molar refractivity (Wildman–Crippen MR) is 66.9 cm³/mol. The SMILES string of the molecule is CCC1CC(C(=O)O)C(C(=O)NC(C)(C)CO)C1. The van der Waals surface area contributed by atoms with Gasteiger partial charge in [-0.15, -0.1) is 0 Å². The van der Waals surface area contributed by atoms with Crippen LogP contribution in [0.4, 0.5) is 0 Å². The predicted octanol–water partition coefficient (Wildman–Crippen LogP) is 1.01. The molecule has 5 heteroatoms. The summed E-state index contributed by atoms with van der Waals surface area (Å²) in [5.74, 6) is -1.91. The molecule has 3 unspecified atom stereocenters. The molecular weight excluding hydrogens is 234 g/mol. The number of aliphatic carboxylic acids is 1. The molecule has 3 atom stereocenters. The Bertz CT molecular complexity index is 327.